The van der Waals surface area contributed by atoms with Gasteiger partial charge in [0, 0.05) is 18.5 Å². The second-order valence-electron chi connectivity index (χ2n) is 5.76. The van der Waals surface area contributed by atoms with Crippen molar-refractivity contribution >= 4 is 36.0 Å². The van der Waals surface area contributed by atoms with Crippen molar-refractivity contribution in [3.8, 4) is 0 Å². The molecule has 1 aliphatic rings. The molecular weight excluding hydrogens is 371 g/mol. The molecule has 2 unspecified atom stereocenters. The van der Waals surface area contributed by atoms with Crippen molar-refractivity contribution in [2.75, 3.05) is 24.2 Å². The Balaban J connectivity index is 1.95. The van der Waals surface area contributed by atoms with Crippen LogP contribution in [0.2, 0.25) is 0 Å². The Morgan fingerprint density at radius 2 is 2.48 bits per heavy atom. The highest BCUT2D eigenvalue weighted by molar-refractivity contribution is 9.10. The first-order valence-electron chi connectivity index (χ1n) is 7.99. The molecule has 0 radical (unpaired) electrons. The van der Waals surface area contributed by atoms with E-state index in [2.05, 4.69) is 45.1 Å². The van der Waals surface area contributed by atoms with Gasteiger partial charge in [0.15, 0.2) is 5.65 Å². The molecule has 23 heavy (non-hydrogen) atoms. The van der Waals surface area contributed by atoms with Crippen molar-refractivity contribution in [1.29, 1.82) is 0 Å². The lowest BCUT2D eigenvalue weighted by molar-refractivity contribution is 0.638. The highest BCUT2D eigenvalue weighted by Gasteiger charge is 2.19. The molecule has 0 bridgehead atoms. The van der Waals surface area contributed by atoms with Gasteiger partial charge in [0.05, 0.1) is 16.4 Å². The van der Waals surface area contributed by atoms with Crippen LogP contribution in [0.15, 0.2) is 41.0 Å². The van der Waals surface area contributed by atoms with Gasteiger partial charge in [-0.3, -0.25) is 0 Å². The van der Waals surface area contributed by atoms with Crippen LogP contribution in [0.3, 0.4) is 0 Å². The van der Waals surface area contributed by atoms with Gasteiger partial charge in [0.2, 0.25) is 0 Å². The summed E-state index contributed by atoms with van der Waals surface area (Å²) in [6, 6.07) is 2.17. The Bertz CT molecular complexity index is 732. The summed E-state index contributed by atoms with van der Waals surface area (Å²) in [5.74, 6) is 1.57. The molecule has 1 aliphatic heterocycles. The van der Waals surface area contributed by atoms with Crippen LogP contribution in [0.5, 0.6) is 0 Å². The van der Waals surface area contributed by atoms with Crippen molar-refractivity contribution in [3.63, 3.8) is 0 Å². The maximum absolute atomic E-state index is 4.87. The van der Waals surface area contributed by atoms with Gasteiger partial charge in [-0.1, -0.05) is 18.7 Å². The fraction of sp³-hybridized carbons (Fsp3) is 0.412. The minimum Gasteiger partial charge on any atom is -0.366 e. The van der Waals surface area contributed by atoms with Crippen LogP contribution in [0.4, 0.5) is 5.82 Å². The first kappa shape index (κ1) is 16.7. The fourth-order valence-electron chi connectivity index (χ4n) is 2.88. The lowest BCUT2D eigenvalue weighted by Crippen LogP contribution is -2.14. The number of allylic oxidation sites excluding steroid dienone is 1. The van der Waals surface area contributed by atoms with E-state index in [4.69, 9.17) is 4.98 Å². The molecule has 0 aromatic carbocycles. The average Bonchev–Trinajstić information content (AvgIpc) is 2.98. The second-order valence-corrected chi connectivity index (χ2v) is 8.02. The molecule has 0 amide bonds. The molecule has 3 heterocycles. The number of rotatable bonds is 5. The smallest absolute Gasteiger partial charge is 0.171 e. The van der Waals surface area contributed by atoms with Crippen LogP contribution in [0.1, 0.15) is 31.4 Å². The van der Waals surface area contributed by atoms with Crippen molar-refractivity contribution in [2.24, 2.45) is 0 Å². The fourth-order valence-corrected chi connectivity index (χ4v) is 4.65. The quantitative estimate of drug-likeness (QED) is 0.597. The van der Waals surface area contributed by atoms with Gasteiger partial charge in [-0.25, -0.2) is 4.98 Å². The third-order valence-electron chi connectivity index (χ3n) is 4.27. The van der Waals surface area contributed by atoms with E-state index in [0.717, 1.165) is 31.1 Å². The number of nitrogens with zero attached hydrogens (tertiary/aromatic N) is 3. The Morgan fingerprint density at radius 3 is 3.17 bits per heavy atom. The summed E-state index contributed by atoms with van der Waals surface area (Å²) in [5.41, 5.74) is 3.25. The van der Waals surface area contributed by atoms with Crippen LogP contribution in [-0.2, 0) is 0 Å². The molecule has 1 saturated heterocycles. The molecule has 2 aromatic heterocycles. The molecule has 122 valence electrons. The molecule has 0 spiro atoms. The summed E-state index contributed by atoms with van der Waals surface area (Å²) in [6.07, 6.45) is 11.0. The summed E-state index contributed by atoms with van der Waals surface area (Å²) in [5, 5.41) is 7.92. The molecule has 3 rings (SSSR count). The minimum atomic E-state index is 0.579. The van der Waals surface area contributed by atoms with Gasteiger partial charge in [-0.15, -0.1) is 8.58 Å². The van der Waals surface area contributed by atoms with E-state index < -0.39 is 0 Å². The molecule has 0 aliphatic carbocycles. The number of nitrogens with one attached hydrogen (secondary N) is 1. The lowest BCUT2D eigenvalue weighted by Gasteiger charge is -2.22. The second kappa shape index (κ2) is 7.59. The van der Waals surface area contributed by atoms with Crippen molar-refractivity contribution in [3.05, 3.63) is 46.7 Å². The van der Waals surface area contributed by atoms with Gasteiger partial charge >= 0.3 is 0 Å². The Hall–Kier alpha value is -1.19. The normalized spacial score (nSPS) is 20.1. The first-order chi connectivity index (χ1) is 11.2. The number of fused-ring (bicyclic) bond motifs is 1. The predicted molar refractivity (Wildman–Crippen MR) is 103 cm³/mol. The van der Waals surface area contributed by atoms with Crippen molar-refractivity contribution < 1.29 is 0 Å². The molecule has 0 saturated carbocycles. The summed E-state index contributed by atoms with van der Waals surface area (Å²) in [4.78, 5) is 4.87. The molecular formula is C17H22BrN4P. The topological polar surface area (TPSA) is 42.2 Å². The highest BCUT2D eigenvalue weighted by Crippen LogP contribution is 2.35. The molecule has 2 aromatic rings. The number of hydrogen-bond donors (Lipinski definition) is 1. The first-order valence-corrected chi connectivity index (χ1v) is 10.2. The SMILES string of the molecule is C=C/C(=C\C)CNc1cc(C2CCCPC2)nc2c(Br)cnn12. The van der Waals surface area contributed by atoms with Crippen molar-refractivity contribution in [1.82, 2.24) is 14.6 Å². The monoisotopic (exact) mass is 392 g/mol. The van der Waals surface area contributed by atoms with Gasteiger partial charge in [0.25, 0.3) is 0 Å². The van der Waals surface area contributed by atoms with E-state index >= 15 is 0 Å². The van der Waals surface area contributed by atoms with Crippen molar-refractivity contribution in [2.45, 2.75) is 25.7 Å². The predicted octanol–water partition coefficient (Wildman–Crippen LogP) is 4.59. The van der Waals surface area contributed by atoms with Gasteiger partial charge in [0.1, 0.15) is 5.82 Å². The van der Waals surface area contributed by atoms with E-state index in [0.29, 0.717) is 5.92 Å². The van der Waals surface area contributed by atoms with Crippen LogP contribution in [0, 0.1) is 0 Å². The molecule has 6 heteroatoms. The Labute approximate surface area is 147 Å². The third kappa shape index (κ3) is 3.67. The van der Waals surface area contributed by atoms with Gasteiger partial charge < -0.3 is 5.32 Å². The summed E-state index contributed by atoms with van der Waals surface area (Å²) in [6.45, 7) is 6.62. The van der Waals surface area contributed by atoms with E-state index in [1.807, 2.05) is 23.7 Å². The largest absolute Gasteiger partial charge is 0.366 e. The average molecular weight is 393 g/mol. The number of hydrogen-bond acceptors (Lipinski definition) is 3. The van der Waals surface area contributed by atoms with E-state index in [1.165, 1.54) is 36.4 Å². The van der Waals surface area contributed by atoms with Gasteiger partial charge in [-0.05, 0) is 53.6 Å². The summed E-state index contributed by atoms with van der Waals surface area (Å²) >= 11 is 3.57. The zero-order valence-corrected chi connectivity index (χ0v) is 15.9. The van der Waals surface area contributed by atoms with E-state index in [-0.39, 0.29) is 0 Å². The van der Waals surface area contributed by atoms with Crippen LogP contribution in [-0.4, -0.2) is 33.5 Å². The zero-order valence-electron chi connectivity index (χ0n) is 13.3. The molecule has 1 N–H and O–H groups in total. The molecule has 2 atom stereocenters. The highest BCUT2D eigenvalue weighted by atomic mass is 79.9. The standard InChI is InChI=1S/C17H22BrN4P/c1-3-12(4-2)9-19-16-8-15(13-6-5-7-23-11-13)21-17-14(18)10-20-22(16)17/h3-4,8,10,13,19,23H,1,5-7,9,11H2,2H3/b12-4+. The van der Waals surface area contributed by atoms with E-state index in [9.17, 15) is 0 Å². The minimum absolute atomic E-state index is 0.579. The van der Waals surface area contributed by atoms with Crippen LogP contribution < -0.4 is 5.32 Å². The third-order valence-corrected chi connectivity index (χ3v) is 6.32. The maximum Gasteiger partial charge on any atom is 0.171 e. The maximum atomic E-state index is 4.87. The number of aromatic nitrogens is 3. The summed E-state index contributed by atoms with van der Waals surface area (Å²) < 4.78 is 2.81. The lowest BCUT2D eigenvalue weighted by atomic mass is 10.0. The Morgan fingerprint density at radius 1 is 1.61 bits per heavy atom. The van der Waals surface area contributed by atoms with Gasteiger partial charge in [-0.2, -0.15) is 9.61 Å². The Kier molecular flexibility index (Phi) is 5.50. The zero-order chi connectivity index (χ0) is 16.2. The van der Waals surface area contributed by atoms with E-state index in [1.54, 1.807) is 0 Å². The number of anilines is 1. The van der Waals surface area contributed by atoms with Crippen LogP contribution in [0.25, 0.3) is 5.65 Å². The molecule has 1 fully saturated rings. The van der Waals surface area contributed by atoms with Crippen LogP contribution >= 0.6 is 24.5 Å². The number of halogens is 1. The molecule has 4 nitrogen and oxygen atoms in total. The summed E-state index contributed by atoms with van der Waals surface area (Å²) in [7, 11) is 1.07.